The Morgan fingerprint density at radius 3 is 2.67 bits per heavy atom. The molecule has 0 spiro atoms. The molecule has 2 fully saturated rings. The van der Waals surface area contributed by atoms with Crippen LogP contribution in [0.15, 0.2) is 11.1 Å². The predicted molar refractivity (Wildman–Crippen MR) is 88.7 cm³/mol. The Balaban J connectivity index is 1.77. The van der Waals surface area contributed by atoms with Crippen molar-refractivity contribution in [3.8, 4) is 0 Å². The third-order valence-electron chi connectivity index (χ3n) is 6.94. The minimum Gasteiger partial charge on any atom is -0.416 e. The zero-order chi connectivity index (χ0) is 15.5. The van der Waals surface area contributed by atoms with Crippen LogP contribution >= 0.6 is 0 Å². The molecule has 0 bridgehead atoms. The number of carbonyl (C=O) groups is 1. The van der Waals surface area contributed by atoms with Crippen molar-refractivity contribution in [1.82, 2.24) is 0 Å². The van der Waals surface area contributed by atoms with E-state index in [1.165, 1.54) is 31.3 Å². The Hall–Kier alpha value is -0.413. The van der Waals surface area contributed by atoms with Gasteiger partial charge in [-0.15, -0.1) is 0 Å². The van der Waals surface area contributed by atoms with Crippen LogP contribution in [0.25, 0.3) is 0 Å². The summed E-state index contributed by atoms with van der Waals surface area (Å²) in [5.41, 5.74) is 3.02. The van der Waals surface area contributed by atoms with E-state index in [0.717, 1.165) is 24.9 Å². The second-order valence-corrected chi connectivity index (χ2v) is 13.8. The second-order valence-electron chi connectivity index (χ2n) is 8.99. The van der Waals surface area contributed by atoms with Gasteiger partial charge in [0.25, 0.3) is 0 Å². The molecular formula is C18H30O2Si. The molecule has 118 valence electrons. The number of allylic oxidation sites excluding steroid dienone is 2. The summed E-state index contributed by atoms with van der Waals surface area (Å²) in [6.45, 7) is 12.6. The van der Waals surface area contributed by atoms with Gasteiger partial charge in [0.15, 0.2) is 8.32 Å². The van der Waals surface area contributed by atoms with Gasteiger partial charge in [-0.25, -0.2) is 0 Å². The molecule has 3 heteroatoms. The van der Waals surface area contributed by atoms with E-state index in [0.29, 0.717) is 17.3 Å². The number of carbonyl (C=O) groups excluding carboxylic acids is 1. The molecule has 0 aromatic heterocycles. The third kappa shape index (κ3) is 2.19. The average molecular weight is 307 g/mol. The molecule has 2 nitrogen and oxygen atoms in total. The normalized spacial score (nSPS) is 35.5. The van der Waals surface area contributed by atoms with Gasteiger partial charge in [-0.1, -0.05) is 26.3 Å². The molecule has 3 aliphatic rings. The zero-order valence-electron chi connectivity index (χ0n) is 14.3. The van der Waals surface area contributed by atoms with Crippen molar-refractivity contribution in [2.45, 2.75) is 71.0 Å². The zero-order valence-corrected chi connectivity index (χ0v) is 15.3. The summed E-state index contributed by atoms with van der Waals surface area (Å²) in [6, 6.07) is 0. The quantitative estimate of drug-likeness (QED) is 0.555. The summed E-state index contributed by atoms with van der Waals surface area (Å²) in [5.74, 6) is 1.25. The molecule has 0 radical (unpaired) electrons. The number of rotatable bonds is 4. The Kier molecular flexibility index (Phi) is 3.53. The maximum atomic E-state index is 11.3. The fourth-order valence-electron chi connectivity index (χ4n) is 4.61. The summed E-state index contributed by atoms with van der Waals surface area (Å²) in [4.78, 5) is 11.3. The van der Waals surface area contributed by atoms with E-state index in [1.807, 2.05) is 0 Å². The van der Waals surface area contributed by atoms with Gasteiger partial charge in [-0.3, -0.25) is 4.79 Å². The largest absolute Gasteiger partial charge is 0.416 e. The van der Waals surface area contributed by atoms with Gasteiger partial charge in [-0.2, -0.15) is 0 Å². The molecule has 0 aliphatic heterocycles. The highest BCUT2D eigenvalue weighted by molar-refractivity contribution is 6.74. The van der Waals surface area contributed by atoms with E-state index in [9.17, 15) is 4.79 Å². The highest BCUT2D eigenvalue weighted by atomic mass is 28.4. The topological polar surface area (TPSA) is 26.3 Å². The fourth-order valence-corrected chi connectivity index (χ4v) is 5.69. The maximum absolute atomic E-state index is 11.3. The van der Waals surface area contributed by atoms with Crippen molar-refractivity contribution < 1.29 is 9.22 Å². The van der Waals surface area contributed by atoms with E-state index in [2.05, 4.69) is 33.9 Å². The summed E-state index contributed by atoms with van der Waals surface area (Å²) in [7, 11) is -1.67. The number of hydrogen-bond acceptors (Lipinski definition) is 2. The lowest BCUT2D eigenvalue weighted by Crippen LogP contribution is -2.48. The first-order chi connectivity index (χ1) is 9.72. The lowest BCUT2D eigenvalue weighted by atomic mass is 9.56. The first kappa shape index (κ1) is 15.5. The van der Waals surface area contributed by atoms with Gasteiger partial charge < -0.3 is 4.43 Å². The Morgan fingerprint density at radius 2 is 2.05 bits per heavy atom. The molecule has 0 aromatic rings. The molecule has 0 aromatic carbocycles. The monoisotopic (exact) mass is 306 g/mol. The smallest absolute Gasteiger partial charge is 0.192 e. The average Bonchev–Trinajstić information content (AvgIpc) is 2.73. The van der Waals surface area contributed by atoms with Crippen LogP contribution in [0, 0.1) is 17.3 Å². The van der Waals surface area contributed by atoms with Crippen LogP contribution < -0.4 is 0 Å². The molecule has 21 heavy (non-hydrogen) atoms. The molecule has 3 aliphatic carbocycles. The van der Waals surface area contributed by atoms with Crippen LogP contribution in [0.1, 0.15) is 52.9 Å². The standard InChI is InChI=1S/C18H30O2Si/c1-17(2,3)21(4,5)20-12-18-9-6-7-13-15(11-19)14(8-10-18)16(13)18/h11,14,16H,6-10,12H2,1-5H3/t14-,16+,18-/m0/s1. The van der Waals surface area contributed by atoms with Crippen molar-refractivity contribution in [3.05, 3.63) is 11.1 Å². The van der Waals surface area contributed by atoms with Gasteiger partial charge in [0.2, 0.25) is 0 Å². The summed E-state index contributed by atoms with van der Waals surface area (Å²) >= 11 is 0. The van der Waals surface area contributed by atoms with Crippen molar-refractivity contribution in [1.29, 1.82) is 0 Å². The molecular weight excluding hydrogens is 276 g/mol. The highest BCUT2D eigenvalue weighted by Crippen LogP contribution is 2.65. The van der Waals surface area contributed by atoms with E-state index in [4.69, 9.17) is 4.43 Å². The maximum Gasteiger partial charge on any atom is 0.192 e. The van der Waals surface area contributed by atoms with Crippen LogP contribution in [0.3, 0.4) is 0 Å². The Bertz CT molecular complexity index is 486. The minimum atomic E-state index is -1.67. The van der Waals surface area contributed by atoms with Crippen molar-refractivity contribution in [2.24, 2.45) is 17.3 Å². The van der Waals surface area contributed by atoms with Gasteiger partial charge in [-0.05, 0) is 73.1 Å². The van der Waals surface area contributed by atoms with Crippen molar-refractivity contribution >= 4 is 14.6 Å². The van der Waals surface area contributed by atoms with Gasteiger partial charge in [0.05, 0.1) is 0 Å². The summed E-state index contributed by atoms with van der Waals surface area (Å²) in [6.07, 6.45) is 7.33. The minimum absolute atomic E-state index is 0.280. The van der Waals surface area contributed by atoms with Crippen molar-refractivity contribution in [3.63, 3.8) is 0 Å². The first-order valence-corrected chi connectivity index (χ1v) is 11.4. The van der Waals surface area contributed by atoms with Gasteiger partial charge in [0, 0.05) is 6.61 Å². The highest BCUT2D eigenvalue weighted by Gasteiger charge is 2.58. The Labute approximate surface area is 130 Å². The molecule has 2 saturated carbocycles. The molecule has 0 heterocycles. The van der Waals surface area contributed by atoms with Crippen LogP contribution in [0.2, 0.25) is 18.1 Å². The van der Waals surface area contributed by atoms with Gasteiger partial charge >= 0.3 is 0 Å². The van der Waals surface area contributed by atoms with Crippen molar-refractivity contribution in [2.75, 3.05) is 6.61 Å². The fraction of sp³-hybridized carbons (Fsp3) is 0.833. The lowest BCUT2D eigenvalue weighted by Gasteiger charge is -2.50. The van der Waals surface area contributed by atoms with E-state index >= 15 is 0 Å². The summed E-state index contributed by atoms with van der Waals surface area (Å²) < 4.78 is 6.60. The molecule has 0 unspecified atom stereocenters. The SMILES string of the molecule is CC(C)(C)[Si](C)(C)OC[C@]12CCCC3=C(C=O)[C@H](CC1)[C@@H]32. The first-order valence-electron chi connectivity index (χ1n) is 8.54. The summed E-state index contributed by atoms with van der Waals surface area (Å²) in [5, 5.41) is 0.280. The number of hydrogen-bond donors (Lipinski definition) is 0. The van der Waals surface area contributed by atoms with Crippen LogP contribution in [-0.2, 0) is 9.22 Å². The molecule has 3 rings (SSSR count). The van der Waals surface area contributed by atoms with Crippen LogP contribution in [-0.4, -0.2) is 21.2 Å². The van der Waals surface area contributed by atoms with Crippen LogP contribution in [0.5, 0.6) is 0 Å². The van der Waals surface area contributed by atoms with Crippen LogP contribution in [0.4, 0.5) is 0 Å². The molecule has 3 atom stereocenters. The molecule has 0 amide bonds. The van der Waals surface area contributed by atoms with E-state index in [1.54, 1.807) is 0 Å². The third-order valence-corrected chi connectivity index (χ3v) is 11.4. The number of aldehydes is 1. The molecule has 0 N–H and O–H groups in total. The van der Waals surface area contributed by atoms with E-state index < -0.39 is 8.32 Å². The Morgan fingerprint density at radius 1 is 1.33 bits per heavy atom. The lowest BCUT2D eigenvalue weighted by molar-refractivity contribution is -0.106. The second kappa shape index (κ2) is 4.79. The molecule has 0 saturated heterocycles. The van der Waals surface area contributed by atoms with E-state index in [-0.39, 0.29) is 5.04 Å². The van der Waals surface area contributed by atoms with Gasteiger partial charge in [0.1, 0.15) is 6.29 Å². The predicted octanol–water partition coefficient (Wildman–Crippen LogP) is 4.71.